The maximum Gasteiger partial charge on any atom is 0.256 e. The smallest absolute Gasteiger partial charge is 0.256 e. The van der Waals surface area contributed by atoms with E-state index in [0.29, 0.717) is 17.1 Å². The number of nitrogens with zero attached hydrogens (tertiary/aromatic N) is 1. The molecule has 1 aliphatic rings. The summed E-state index contributed by atoms with van der Waals surface area (Å²) in [4.78, 5) is 14.0. The number of benzene rings is 1. The van der Waals surface area contributed by atoms with Gasteiger partial charge in [0.25, 0.3) is 11.8 Å². The molecule has 23 heavy (non-hydrogen) atoms. The van der Waals surface area contributed by atoms with Gasteiger partial charge < -0.3 is 19.1 Å². The van der Waals surface area contributed by atoms with Gasteiger partial charge in [-0.15, -0.1) is 0 Å². The largest absolute Gasteiger partial charge is 0.493 e. The number of likely N-dealkylation sites (tertiary alicyclic amines) is 1. The number of rotatable bonds is 5. The number of piperidine rings is 1. The summed E-state index contributed by atoms with van der Waals surface area (Å²) in [5.74, 6) is -3.18. The predicted octanol–water partition coefficient (Wildman–Crippen LogP) is 2.45. The SMILES string of the molecule is COCC1CN(C(=O)c2ccc(OC)c(OC)c2)CCC1(F)F. The Bertz CT molecular complexity index is 565. The number of hydrogen-bond acceptors (Lipinski definition) is 4. The summed E-state index contributed by atoms with van der Waals surface area (Å²) in [5.41, 5.74) is 0.379. The van der Waals surface area contributed by atoms with Crippen LogP contribution in [0.4, 0.5) is 8.78 Å². The summed E-state index contributed by atoms with van der Waals surface area (Å²) >= 11 is 0. The van der Waals surface area contributed by atoms with Crippen molar-refractivity contribution in [2.24, 2.45) is 5.92 Å². The maximum atomic E-state index is 13.9. The van der Waals surface area contributed by atoms with Crippen LogP contribution in [-0.2, 0) is 4.74 Å². The van der Waals surface area contributed by atoms with E-state index in [-0.39, 0.29) is 32.0 Å². The van der Waals surface area contributed by atoms with Crippen molar-refractivity contribution in [2.45, 2.75) is 12.3 Å². The summed E-state index contributed by atoms with van der Waals surface area (Å²) in [6, 6.07) is 4.78. The van der Waals surface area contributed by atoms with Gasteiger partial charge in [0.15, 0.2) is 11.5 Å². The number of carbonyl (C=O) groups is 1. The highest BCUT2D eigenvalue weighted by Crippen LogP contribution is 2.35. The van der Waals surface area contributed by atoms with Crippen molar-refractivity contribution in [3.8, 4) is 11.5 Å². The molecule has 0 aromatic heterocycles. The molecule has 0 radical (unpaired) electrons. The maximum absolute atomic E-state index is 13.9. The van der Waals surface area contributed by atoms with Crippen LogP contribution < -0.4 is 9.47 Å². The lowest BCUT2D eigenvalue weighted by atomic mass is 9.93. The van der Waals surface area contributed by atoms with Gasteiger partial charge in [-0.1, -0.05) is 0 Å². The van der Waals surface area contributed by atoms with Crippen molar-refractivity contribution in [2.75, 3.05) is 41.0 Å². The minimum absolute atomic E-state index is 0.0143. The van der Waals surface area contributed by atoms with Gasteiger partial charge in [-0.25, -0.2) is 8.78 Å². The molecular weight excluding hydrogens is 308 g/mol. The summed E-state index contributed by atoms with van der Waals surface area (Å²) in [7, 11) is 4.36. The number of carbonyl (C=O) groups excluding carboxylic acids is 1. The number of hydrogen-bond donors (Lipinski definition) is 0. The molecule has 1 aromatic rings. The zero-order chi connectivity index (χ0) is 17.0. The highest BCUT2D eigenvalue weighted by Gasteiger charge is 2.45. The van der Waals surface area contributed by atoms with Crippen LogP contribution in [0.15, 0.2) is 18.2 Å². The lowest BCUT2D eigenvalue weighted by Gasteiger charge is -2.38. The summed E-state index contributed by atoms with van der Waals surface area (Å²) in [5, 5.41) is 0. The van der Waals surface area contributed by atoms with Crippen molar-refractivity contribution in [3.63, 3.8) is 0 Å². The predicted molar refractivity (Wildman–Crippen MR) is 80.4 cm³/mol. The molecule has 1 aromatic carbocycles. The minimum Gasteiger partial charge on any atom is -0.493 e. The topological polar surface area (TPSA) is 48.0 Å². The number of alkyl halides is 2. The van der Waals surface area contributed by atoms with E-state index in [1.54, 1.807) is 18.2 Å². The Morgan fingerprint density at radius 3 is 2.57 bits per heavy atom. The number of methoxy groups -OCH3 is 3. The Morgan fingerprint density at radius 2 is 1.96 bits per heavy atom. The van der Waals surface area contributed by atoms with Gasteiger partial charge in [-0.05, 0) is 18.2 Å². The fourth-order valence-electron chi connectivity index (χ4n) is 2.69. The normalized spacial score (nSPS) is 20.2. The van der Waals surface area contributed by atoms with Crippen molar-refractivity contribution in [1.82, 2.24) is 4.90 Å². The molecule has 5 nitrogen and oxygen atoms in total. The molecule has 1 heterocycles. The molecule has 1 fully saturated rings. The van der Waals surface area contributed by atoms with Crippen LogP contribution in [0.3, 0.4) is 0 Å². The molecule has 2 rings (SSSR count). The van der Waals surface area contributed by atoms with Crippen LogP contribution >= 0.6 is 0 Å². The average molecular weight is 329 g/mol. The van der Waals surface area contributed by atoms with E-state index >= 15 is 0 Å². The van der Waals surface area contributed by atoms with Gasteiger partial charge in [-0.2, -0.15) is 0 Å². The zero-order valence-electron chi connectivity index (χ0n) is 13.5. The molecule has 1 aliphatic heterocycles. The second-order valence-corrected chi connectivity index (χ2v) is 5.48. The Hall–Kier alpha value is -1.89. The van der Waals surface area contributed by atoms with E-state index in [1.165, 1.54) is 26.2 Å². The van der Waals surface area contributed by atoms with E-state index in [9.17, 15) is 13.6 Å². The van der Waals surface area contributed by atoms with Crippen LogP contribution in [0.1, 0.15) is 16.8 Å². The molecule has 1 saturated heterocycles. The van der Waals surface area contributed by atoms with Crippen LogP contribution in [0.2, 0.25) is 0 Å². The van der Waals surface area contributed by atoms with E-state index in [4.69, 9.17) is 14.2 Å². The monoisotopic (exact) mass is 329 g/mol. The summed E-state index contributed by atoms with van der Waals surface area (Å²) in [6.07, 6.45) is -0.361. The average Bonchev–Trinajstić information content (AvgIpc) is 2.55. The van der Waals surface area contributed by atoms with Gasteiger partial charge >= 0.3 is 0 Å². The molecule has 1 amide bonds. The lowest BCUT2D eigenvalue weighted by molar-refractivity contribution is -0.117. The first-order chi connectivity index (χ1) is 10.9. The Labute approximate surface area is 134 Å². The Balaban J connectivity index is 2.17. The Kier molecular flexibility index (Phi) is 5.41. The van der Waals surface area contributed by atoms with E-state index in [2.05, 4.69) is 0 Å². The lowest BCUT2D eigenvalue weighted by Crippen LogP contribution is -2.50. The van der Waals surface area contributed by atoms with Crippen LogP contribution in [-0.4, -0.2) is 57.8 Å². The molecule has 0 bridgehead atoms. The first-order valence-corrected chi connectivity index (χ1v) is 7.31. The van der Waals surface area contributed by atoms with Crippen molar-refractivity contribution in [3.05, 3.63) is 23.8 Å². The molecule has 0 saturated carbocycles. The summed E-state index contributed by atoms with van der Waals surface area (Å²) in [6.45, 7) is -0.100. The van der Waals surface area contributed by atoms with Crippen molar-refractivity contribution < 1.29 is 27.8 Å². The highest BCUT2D eigenvalue weighted by molar-refractivity contribution is 5.95. The first kappa shape index (κ1) is 17.5. The second-order valence-electron chi connectivity index (χ2n) is 5.48. The molecule has 1 unspecified atom stereocenters. The quantitative estimate of drug-likeness (QED) is 0.832. The number of halogens is 2. The zero-order valence-corrected chi connectivity index (χ0v) is 13.5. The van der Waals surface area contributed by atoms with Gasteiger partial charge in [0.05, 0.1) is 26.7 Å². The van der Waals surface area contributed by atoms with Crippen molar-refractivity contribution in [1.29, 1.82) is 0 Å². The fraction of sp³-hybridized carbons (Fsp3) is 0.562. The van der Waals surface area contributed by atoms with Gasteiger partial charge in [0.2, 0.25) is 0 Å². The molecule has 0 spiro atoms. The van der Waals surface area contributed by atoms with Gasteiger partial charge in [-0.3, -0.25) is 4.79 Å². The fourth-order valence-corrected chi connectivity index (χ4v) is 2.69. The minimum atomic E-state index is -2.82. The number of ether oxygens (including phenoxy) is 3. The number of amides is 1. The third kappa shape index (κ3) is 3.72. The molecule has 128 valence electrons. The van der Waals surface area contributed by atoms with Crippen LogP contribution in [0.25, 0.3) is 0 Å². The second kappa shape index (κ2) is 7.12. The van der Waals surface area contributed by atoms with Crippen LogP contribution in [0.5, 0.6) is 11.5 Å². The van der Waals surface area contributed by atoms with E-state index < -0.39 is 11.8 Å². The van der Waals surface area contributed by atoms with Gasteiger partial charge in [0.1, 0.15) is 0 Å². The van der Waals surface area contributed by atoms with Crippen molar-refractivity contribution >= 4 is 5.91 Å². The Morgan fingerprint density at radius 1 is 1.26 bits per heavy atom. The van der Waals surface area contributed by atoms with E-state index in [1.807, 2.05) is 0 Å². The molecule has 0 N–H and O–H groups in total. The molecule has 7 heteroatoms. The molecule has 1 atom stereocenters. The summed E-state index contributed by atoms with van der Waals surface area (Å²) < 4.78 is 42.9. The van der Waals surface area contributed by atoms with Gasteiger partial charge in [0, 0.05) is 32.2 Å². The van der Waals surface area contributed by atoms with Crippen LogP contribution in [0, 0.1) is 5.92 Å². The molecular formula is C16H21F2NO4. The van der Waals surface area contributed by atoms with E-state index in [0.717, 1.165) is 0 Å². The highest BCUT2D eigenvalue weighted by atomic mass is 19.3. The first-order valence-electron chi connectivity index (χ1n) is 7.31. The third-order valence-corrected chi connectivity index (χ3v) is 4.04. The standard InChI is InChI=1S/C16H21F2NO4/c1-21-10-12-9-19(7-6-16(12,17)18)15(20)11-4-5-13(22-2)14(8-11)23-3/h4-5,8,12H,6-7,9-10H2,1-3H3. The molecule has 0 aliphatic carbocycles. The third-order valence-electron chi connectivity index (χ3n) is 4.04.